The van der Waals surface area contributed by atoms with Crippen LogP contribution in [0.1, 0.15) is 48.6 Å². The third-order valence-corrected chi connectivity index (χ3v) is 8.54. The predicted octanol–water partition coefficient (Wildman–Crippen LogP) is 3.29. The van der Waals surface area contributed by atoms with Crippen LogP contribution in [0.4, 0.5) is 0 Å². The summed E-state index contributed by atoms with van der Waals surface area (Å²) < 4.78 is 7.32. The molecule has 2 aliphatic rings. The third kappa shape index (κ3) is 7.83. The summed E-state index contributed by atoms with van der Waals surface area (Å²) in [5.41, 5.74) is 2.74. The molecule has 13 heteroatoms. The van der Waals surface area contributed by atoms with Crippen molar-refractivity contribution in [3.05, 3.63) is 102 Å². The largest absolute Gasteiger partial charge is 0.492 e. The van der Waals surface area contributed by atoms with E-state index < -0.39 is 35.8 Å². The van der Waals surface area contributed by atoms with Gasteiger partial charge in [-0.15, -0.1) is 0 Å². The second-order valence-corrected chi connectivity index (χ2v) is 12.6. The van der Waals surface area contributed by atoms with E-state index in [9.17, 15) is 19.2 Å². The maximum atomic E-state index is 14.0. The maximum absolute atomic E-state index is 14.0. The normalized spacial score (nSPS) is 19.2. The van der Waals surface area contributed by atoms with E-state index in [2.05, 4.69) is 31.3 Å². The zero-order valence-electron chi connectivity index (χ0n) is 28.1. The lowest BCUT2D eigenvalue weighted by atomic mass is 10.00. The fraction of sp³-hybridized carbons (Fsp3) is 0.297. The van der Waals surface area contributed by atoms with Gasteiger partial charge in [-0.25, -0.2) is 9.67 Å². The molecule has 0 radical (unpaired) electrons. The van der Waals surface area contributed by atoms with Gasteiger partial charge in [-0.2, -0.15) is 5.10 Å². The second kappa shape index (κ2) is 15.1. The van der Waals surface area contributed by atoms with Gasteiger partial charge < -0.3 is 31.0 Å². The molecule has 0 aliphatic carbocycles. The Morgan fingerprint density at radius 1 is 0.940 bits per heavy atom. The highest BCUT2D eigenvalue weighted by Crippen LogP contribution is 2.21. The van der Waals surface area contributed by atoms with Crippen molar-refractivity contribution in [3.63, 3.8) is 0 Å². The predicted molar refractivity (Wildman–Crippen MR) is 187 cm³/mol. The first kappa shape index (κ1) is 33.9. The minimum atomic E-state index is -1.01. The number of nitrogens with zero attached hydrogens (tertiary/aromatic N) is 3. The van der Waals surface area contributed by atoms with E-state index in [0.29, 0.717) is 23.0 Å². The Morgan fingerprint density at radius 2 is 1.72 bits per heavy atom. The zero-order chi connectivity index (χ0) is 35.2. The molecule has 50 heavy (non-hydrogen) atoms. The topological polar surface area (TPSA) is 172 Å². The highest BCUT2D eigenvalue weighted by molar-refractivity contribution is 6.07. The van der Waals surface area contributed by atoms with Gasteiger partial charge in [0.05, 0.1) is 12.6 Å². The molecule has 5 aromatic rings. The van der Waals surface area contributed by atoms with Crippen molar-refractivity contribution in [2.45, 2.75) is 51.9 Å². The molecular weight excluding hydrogens is 636 g/mol. The lowest BCUT2D eigenvalue weighted by Crippen LogP contribution is -2.56. The van der Waals surface area contributed by atoms with E-state index in [0.717, 1.165) is 22.0 Å². The van der Waals surface area contributed by atoms with Crippen LogP contribution < -0.4 is 26.0 Å². The Balaban J connectivity index is 1.30. The third-order valence-electron chi connectivity index (χ3n) is 8.54. The van der Waals surface area contributed by atoms with Crippen molar-refractivity contribution in [1.29, 1.82) is 0 Å². The SMILES string of the molecule is CC(C)[C@H]1NC(=O)[C@@H](NC(=O)c2cccc3[nH]ccc23)Cc2ccc(cc2)OCCNC(=O)Cn2nc(-c3ccccc3)nc2[C@H](C)NC1=O. The number of hydrogen-bond donors (Lipinski definition) is 5. The minimum absolute atomic E-state index is 0.133. The van der Waals surface area contributed by atoms with Crippen LogP contribution in [0.3, 0.4) is 0 Å². The summed E-state index contributed by atoms with van der Waals surface area (Å²) in [6.45, 7) is 5.74. The van der Waals surface area contributed by atoms with E-state index in [1.165, 1.54) is 4.68 Å². The molecule has 2 bridgehead atoms. The summed E-state index contributed by atoms with van der Waals surface area (Å²) in [7, 11) is 0. The molecule has 0 saturated carbocycles. The first-order valence-corrected chi connectivity index (χ1v) is 16.6. The Bertz CT molecular complexity index is 1990. The van der Waals surface area contributed by atoms with E-state index in [-0.39, 0.29) is 37.9 Å². The van der Waals surface area contributed by atoms with Crippen LogP contribution in [0.15, 0.2) is 85.1 Å². The molecule has 3 atom stereocenters. The van der Waals surface area contributed by atoms with Crippen molar-refractivity contribution in [2.24, 2.45) is 5.92 Å². The molecule has 5 N–H and O–H groups in total. The summed E-state index contributed by atoms with van der Waals surface area (Å²) >= 11 is 0. The van der Waals surface area contributed by atoms with Gasteiger partial charge >= 0.3 is 0 Å². The van der Waals surface area contributed by atoms with Gasteiger partial charge in [0.15, 0.2) is 5.82 Å². The Morgan fingerprint density at radius 3 is 2.48 bits per heavy atom. The zero-order valence-corrected chi connectivity index (χ0v) is 28.1. The molecule has 2 aliphatic heterocycles. The molecular formula is C37H40N8O5. The minimum Gasteiger partial charge on any atom is -0.492 e. The monoisotopic (exact) mass is 676 g/mol. The first-order valence-electron chi connectivity index (χ1n) is 16.6. The maximum Gasteiger partial charge on any atom is 0.252 e. The van der Waals surface area contributed by atoms with Gasteiger partial charge in [0, 0.05) is 34.6 Å². The molecule has 0 fully saturated rings. The van der Waals surface area contributed by atoms with Crippen LogP contribution in [0.5, 0.6) is 5.75 Å². The van der Waals surface area contributed by atoms with Crippen LogP contribution in [-0.4, -0.2) is 68.6 Å². The average Bonchev–Trinajstić information content (AvgIpc) is 3.77. The van der Waals surface area contributed by atoms with E-state index in [4.69, 9.17) is 9.72 Å². The number of aromatic amines is 1. The number of aromatic nitrogens is 4. The van der Waals surface area contributed by atoms with Gasteiger partial charge in [0.25, 0.3) is 5.91 Å². The molecule has 13 nitrogen and oxygen atoms in total. The number of nitrogens with one attached hydrogen (secondary N) is 5. The van der Waals surface area contributed by atoms with Gasteiger partial charge in [-0.1, -0.05) is 62.4 Å². The smallest absolute Gasteiger partial charge is 0.252 e. The summed E-state index contributed by atoms with van der Waals surface area (Å²) in [4.78, 5) is 62.2. The molecule has 0 unspecified atom stereocenters. The molecule has 3 aromatic carbocycles. The van der Waals surface area contributed by atoms with Crippen LogP contribution >= 0.6 is 0 Å². The molecule has 258 valence electrons. The van der Waals surface area contributed by atoms with Gasteiger partial charge in [0.2, 0.25) is 17.7 Å². The summed E-state index contributed by atoms with van der Waals surface area (Å²) in [5, 5.41) is 17.0. The van der Waals surface area contributed by atoms with E-state index in [1.54, 1.807) is 37.4 Å². The molecule has 0 spiro atoms. The van der Waals surface area contributed by atoms with Crippen LogP contribution in [0.2, 0.25) is 0 Å². The summed E-state index contributed by atoms with van der Waals surface area (Å²) in [6, 6.07) is 21.0. The van der Waals surface area contributed by atoms with Crippen molar-refractivity contribution < 1.29 is 23.9 Å². The summed E-state index contributed by atoms with van der Waals surface area (Å²) in [5.74, 6) is -0.624. The van der Waals surface area contributed by atoms with Crippen molar-refractivity contribution in [2.75, 3.05) is 13.2 Å². The number of hydrogen-bond acceptors (Lipinski definition) is 7. The Labute approximate surface area is 289 Å². The Kier molecular flexibility index (Phi) is 10.2. The molecule has 4 heterocycles. The lowest BCUT2D eigenvalue weighted by molar-refractivity contribution is -0.131. The quantitative estimate of drug-likeness (QED) is 0.194. The van der Waals surface area contributed by atoms with Crippen molar-refractivity contribution in [1.82, 2.24) is 41.0 Å². The fourth-order valence-electron chi connectivity index (χ4n) is 5.89. The van der Waals surface area contributed by atoms with E-state index >= 15 is 0 Å². The number of ether oxygens (including phenoxy) is 1. The Hall–Kier alpha value is -5.98. The molecule has 7 rings (SSSR count). The second-order valence-electron chi connectivity index (χ2n) is 12.6. The highest BCUT2D eigenvalue weighted by Gasteiger charge is 2.31. The highest BCUT2D eigenvalue weighted by atomic mass is 16.5. The number of benzene rings is 3. The average molecular weight is 677 g/mol. The van der Waals surface area contributed by atoms with Crippen molar-refractivity contribution in [3.8, 4) is 17.1 Å². The van der Waals surface area contributed by atoms with E-state index in [1.807, 2.05) is 68.4 Å². The van der Waals surface area contributed by atoms with Crippen molar-refractivity contribution >= 4 is 34.5 Å². The van der Waals surface area contributed by atoms with Gasteiger partial charge in [0.1, 0.15) is 36.8 Å². The fourth-order valence-corrected chi connectivity index (χ4v) is 5.89. The number of carbonyl (C=O) groups excluding carboxylic acids is 4. The van der Waals surface area contributed by atoms with Crippen LogP contribution in [-0.2, 0) is 27.3 Å². The molecule has 2 aromatic heterocycles. The number of rotatable bonds is 4. The van der Waals surface area contributed by atoms with Crippen LogP contribution in [0, 0.1) is 5.92 Å². The molecule has 4 amide bonds. The van der Waals surface area contributed by atoms with Gasteiger partial charge in [-0.3, -0.25) is 19.2 Å². The number of amides is 4. The standard InChI is InChI=1S/C37H40N8O5/c1-22(2)32-37(49)40-23(3)34-43-33(25-8-5-4-6-9-25)44-45(34)21-31(46)39-18-19-50-26-14-12-24(13-15-26)20-30(36(48)42-32)41-35(47)28-10-7-11-29-27(28)16-17-38-29/h4-17,22-23,30,32,38H,18-21H2,1-3H3,(H,39,46)(H,40,49)(H,41,47)(H,42,48)/t23-,30-,32+/m0/s1. The summed E-state index contributed by atoms with van der Waals surface area (Å²) in [6.07, 6.45) is 1.91. The molecule has 0 saturated heterocycles. The number of fused-ring (bicyclic) bond motifs is 15. The number of H-pyrrole nitrogens is 1. The number of carbonyl (C=O) groups is 4. The van der Waals surface area contributed by atoms with Crippen LogP contribution in [0.25, 0.3) is 22.3 Å². The van der Waals surface area contributed by atoms with Gasteiger partial charge in [-0.05, 0) is 48.7 Å². The first-order chi connectivity index (χ1) is 24.2. The lowest BCUT2D eigenvalue weighted by Gasteiger charge is -2.27.